The van der Waals surface area contributed by atoms with Crippen LogP contribution in [0.25, 0.3) is 0 Å². The average molecular weight is 565 g/mol. The topological polar surface area (TPSA) is 130 Å². The third-order valence-corrected chi connectivity index (χ3v) is 8.36. The van der Waals surface area contributed by atoms with Crippen molar-refractivity contribution in [2.45, 2.75) is 75.8 Å². The number of rotatable bonds is 2. The number of nitrogens with zero attached hydrogens (tertiary/aromatic N) is 1. The van der Waals surface area contributed by atoms with Crippen molar-refractivity contribution in [2.24, 2.45) is 5.92 Å². The number of methoxy groups -OCH3 is 2. The van der Waals surface area contributed by atoms with Gasteiger partial charge in [0.1, 0.15) is 28.6 Å². The van der Waals surface area contributed by atoms with Crippen LogP contribution in [0.5, 0.6) is 5.75 Å². The van der Waals surface area contributed by atoms with Crippen molar-refractivity contribution in [3.05, 3.63) is 46.5 Å². The number of fused-ring (bicyclic) bond motifs is 5. The number of anilines is 1. The molecular formula is C28H37ClN2O8. The van der Waals surface area contributed by atoms with Crippen molar-refractivity contribution in [3.8, 4) is 5.75 Å². The first-order valence-corrected chi connectivity index (χ1v) is 13.3. The summed E-state index contributed by atoms with van der Waals surface area (Å²) < 4.78 is 22.4. The van der Waals surface area contributed by atoms with E-state index in [0.29, 0.717) is 17.9 Å². The number of hydrogen-bond donors (Lipinski definition) is 3. The summed E-state index contributed by atoms with van der Waals surface area (Å²) >= 11 is 6.58. The number of alkyl carbamates (subject to hydrolysis) is 1. The maximum absolute atomic E-state index is 13.3. The Bertz CT molecular complexity index is 1190. The van der Waals surface area contributed by atoms with Crippen LogP contribution in [-0.2, 0) is 25.4 Å². The molecule has 3 aliphatic heterocycles. The van der Waals surface area contributed by atoms with Gasteiger partial charge in [-0.3, -0.25) is 10.1 Å². The van der Waals surface area contributed by atoms with Gasteiger partial charge >= 0.3 is 6.09 Å². The van der Waals surface area contributed by atoms with Gasteiger partial charge in [-0.25, -0.2) is 4.79 Å². The number of carbonyl (C=O) groups is 2. The number of nitrogens with one attached hydrogen (secondary N) is 1. The number of allylic oxidation sites excluding steroid dienone is 3. The highest BCUT2D eigenvalue weighted by atomic mass is 35.5. The van der Waals surface area contributed by atoms with Gasteiger partial charge in [0.25, 0.3) is 0 Å². The quantitative estimate of drug-likeness (QED) is 0.467. The normalized spacial score (nSPS) is 37.6. The van der Waals surface area contributed by atoms with Gasteiger partial charge in [0, 0.05) is 26.5 Å². The summed E-state index contributed by atoms with van der Waals surface area (Å²) in [5.74, 6) is -0.323. The largest absolute Gasteiger partial charge is 0.495 e. The van der Waals surface area contributed by atoms with Gasteiger partial charge in [-0.05, 0) is 38.0 Å². The molecule has 0 saturated carbocycles. The number of aliphatic hydroxyl groups excluding tert-OH is 1. The maximum Gasteiger partial charge on any atom is 0.409 e. The van der Waals surface area contributed by atoms with Gasteiger partial charge in [-0.15, -0.1) is 0 Å². The Morgan fingerprint density at radius 3 is 2.64 bits per heavy atom. The van der Waals surface area contributed by atoms with Crippen LogP contribution in [0, 0.1) is 5.92 Å². The van der Waals surface area contributed by atoms with E-state index >= 15 is 0 Å². The van der Waals surface area contributed by atoms with E-state index in [2.05, 4.69) is 5.32 Å². The predicted molar refractivity (Wildman–Crippen MR) is 145 cm³/mol. The van der Waals surface area contributed by atoms with Crippen molar-refractivity contribution >= 4 is 29.3 Å². The molecule has 0 radical (unpaired) electrons. The van der Waals surface area contributed by atoms with Crippen LogP contribution in [-0.4, -0.2) is 79.2 Å². The van der Waals surface area contributed by atoms with Gasteiger partial charge in [0.15, 0.2) is 5.72 Å². The second-order valence-corrected chi connectivity index (χ2v) is 11.2. The number of benzene rings is 1. The maximum atomic E-state index is 13.3. The zero-order valence-corrected chi connectivity index (χ0v) is 23.8. The van der Waals surface area contributed by atoms with Gasteiger partial charge in [-0.1, -0.05) is 42.3 Å². The molecule has 39 heavy (non-hydrogen) atoms. The number of hydrogen-bond acceptors (Lipinski definition) is 8. The highest BCUT2D eigenvalue weighted by Gasteiger charge is 2.62. The molecule has 4 rings (SSSR count). The van der Waals surface area contributed by atoms with Crippen molar-refractivity contribution in [1.29, 1.82) is 0 Å². The zero-order valence-electron chi connectivity index (χ0n) is 23.1. The van der Waals surface area contributed by atoms with Crippen LogP contribution in [0.1, 0.15) is 39.2 Å². The fraction of sp³-hybridized carbons (Fsp3) is 0.571. The third-order valence-electron chi connectivity index (χ3n) is 7.98. The van der Waals surface area contributed by atoms with E-state index in [0.717, 1.165) is 11.1 Å². The summed E-state index contributed by atoms with van der Waals surface area (Å²) in [6, 6.07) is 3.63. The number of aliphatic hydroxyl groups is 2. The first-order valence-electron chi connectivity index (χ1n) is 12.9. The molecule has 10 nitrogen and oxygen atoms in total. The van der Waals surface area contributed by atoms with Crippen LogP contribution < -0.4 is 15.0 Å². The molecule has 214 valence electrons. The minimum absolute atomic E-state index is 0.0310. The molecule has 0 aromatic heterocycles. The SMILES string of the molecule is COc1cc2cc(c1Cl)N(C)C(=O)C[C@H](O)[C@]1(C)O[C@H]1[C@H](C)[C@@H]1C[C@@](O)(NC(=O)O1)[C@H](OC)/C=C/C=C(\C)C2. The van der Waals surface area contributed by atoms with Gasteiger partial charge in [0.05, 0.1) is 31.4 Å². The second-order valence-electron chi connectivity index (χ2n) is 10.8. The summed E-state index contributed by atoms with van der Waals surface area (Å²) in [4.78, 5) is 27.1. The summed E-state index contributed by atoms with van der Waals surface area (Å²) in [7, 11) is 4.56. The molecule has 3 heterocycles. The zero-order chi connectivity index (χ0) is 28.7. The fourth-order valence-electron chi connectivity index (χ4n) is 5.46. The Morgan fingerprint density at radius 2 is 1.97 bits per heavy atom. The molecule has 0 spiro atoms. The molecule has 1 aromatic carbocycles. The second kappa shape index (κ2) is 11.1. The molecule has 1 aromatic rings. The molecule has 2 amide bonds. The molecular weight excluding hydrogens is 528 g/mol. The van der Waals surface area contributed by atoms with Crippen LogP contribution in [0.15, 0.2) is 35.9 Å². The van der Waals surface area contributed by atoms with Crippen molar-refractivity contribution in [3.63, 3.8) is 0 Å². The van der Waals surface area contributed by atoms with Crippen LogP contribution in [0.2, 0.25) is 5.02 Å². The van der Waals surface area contributed by atoms with Crippen LogP contribution in [0.4, 0.5) is 10.5 Å². The highest BCUT2D eigenvalue weighted by molar-refractivity contribution is 6.35. The Hall–Kier alpha value is -2.63. The molecule has 0 aliphatic carbocycles. The number of epoxide rings is 1. The molecule has 2 saturated heterocycles. The number of halogens is 1. The minimum Gasteiger partial charge on any atom is -0.495 e. The van der Waals surface area contributed by atoms with Gasteiger partial charge < -0.3 is 34.1 Å². The van der Waals surface area contributed by atoms with Crippen LogP contribution in [0.3, 0.4) is 0 Å². The van der Waals surface area contributed by atoms with E-state index in [1.165, 1.54) is 19.1 Å². The lowest BCUT2D eigenvalue weighted by Gasteiger charge is -2.42. The lowest BCUT2D eigenvalue weighted by molar-refractivity contribution is -0.142. The van der Waals surface area contributed by atoms with Crippen molar-refractivity contribution < 1.29 is 38.7 Å². The summed E-state index contributed by atoms with van der Waals surface area (Å²) in [5, 5.41) is 25.3. The molecule has 7 atom stereocenters. The predicted octanol–water partition coefficient (Wildman–Crippen LogP) is 3.12. The Kier molecular flexibility index (Phi) is 8.35. The van der Waals surface area contributed by atoms with E-state index in [9.17, 15) is 19.8 Å². The van der Waals surface area contributed by atoms with E-state index in [4.69, 9.17) is 30.5 Å². The number of carbonyl (C=O) groups excluding carboxylic acids is 2. The lowest BCUT2D eigenvalue weighted by atomic mass is 9.84. The standard InChI is InChI=1S/C28H37ClN2O8/c1-15-8-7-9-22(37-6)28(35)14-20(38-26(34)30-28)16(2)25-27(3,39-25)21(32)13-23(33)31(4)18-11-17(10-15)12-19(36-5)24(18)29/h7-9,11-12,16,20-22,25,32,35H,10,13-14H2,1-6H3,(H,30,34)/b9-7+,15-8+/t16-,20+,21+,22-,25+,27+,28+/m1/s1. The van der Waals surface area contributed by atoms with Gasteiger partial charge in [-0.2, -0.15) is 0 Å². The van der Waals surface area contributed by atoms with E-state index in [1.807, 2.05) is 32.1 Å². The third kappa shape index (κ3) is 5.81. The Labute approximate surface area is 233 Å². The monoisotopic (exact) mass is 564 g/mol. The first-order chi connectivity index (χ1) is 18.3. The van der Waals surface area contributed by atoms with Gasteiger partial charge in [0.2, 0.25) is 5.91 Å². The Balaban J connectivity index is 1.74. The summed E-state index contributed by atoms with van der Waals surface area (Å²) in [6.45, 7) is 5.48. The van der Waals surface area contributed by atoms with E-state index in [-0.39, 0.29) is 23.8 Å². The number of amides is 2. The fourth-order valence-corrected chi connectivity index (χ4v) is 5.78. The smallest absolute Gasteiger partial charge is 0.409 e. The molecule has 3 N–H and O–H groups in total. The van der Waals surface area contributed by atoms with Crippen molar-refractivity contribution in [2.75, 3.05) is 26.2 Å². The molecule has 4 bridgehead atoms. The minimum atomic E-state index is -1.73. The summed E-state index contributed by atoms with van der Waals surface area (Å²) in [5.41, 5.74) is -0.479. The van der Waals surface area contributed by atoms with Crippen molar-refractivity contribution in [1.82, 2.24) is 5.32 Å². The van der Waals surface area contributed by atoms with E-state index < -0.39 is 47.8 Å². The average Bonchev–Trinajstić information content (AvgIpc) is 3.58. The molecule has 0 unspecified atom stereocenters. The molecule has 3 aliphatic rings. The molecule has 11 heteroatoms. The Morgan fingerprint density at radius 1 is 1.26 bits per heavy atom. The highest BCUT2D eigenvalue weighted by Crippen LogP contribution is 2.48. The van der Waals surface area contributed by atoms with Crippen LogP contribution >= 0.6 is 11.6 Å². The van der Waals surface area contributed by atoms with E-state index in [1.54, 1.807) is 26.1 Å². The number of ether oxygens (including phenoxy) is 4. The molecule has 2 fully saturated rings. The lowest BCUT2D eigenvalue weighted by Crippen LogP contribution is -2.63. The first kappa shape index (κ1) is 29.4. The summed E-state index contributed by atoms with van der Waals surface area (Å²) in [6.07, 6.45) is 1.63.